The van der Waals surface area contributed by atoms with Crippen LogP contribution >= 0.6 is 11.8 Å². The largest absolute Gasteiger partial charge is 0.316 e. The summed E-state index contributed by atoms with van der Waals surface area (Å²) in [5, 5.41) is 3.35. The van der Waals surface area contributed by atoms with Gasteiger partial charge in [-0.2, -0.15) is 0 Å². The van der Waals surface area contributed by atoms with Crippen molar-refractivity contribution in [3.63, 3.8) is 0 Å². The van der Waals surface area contributed by atoms with Gasteiger partial charge in [0.15, 0.2) is 0 Å². The van der Waals surface area contributed by atoms with E-state index in [4.69, 9.17) is 0 Å². The van der Waals surface area contributed by atoms with E-state index < -0.39 is 0 Å². The van der Waals surface area contributed by atoms with Crippen LogP contribution in [0.1, 0.15) is 11.1 Å². The lowest BCUT2D eigenvalue weighted by molar-refractivity contribution is 0.603. The maximum absolute atomic E-state index is 3.35. The van der Waals surface area contributed by atoms with Crippen molar-refractivity contribution in [2.45, 2.75) is 24.3 Å². The van der Waals surface area contributed by atoms with Gasteiger partial charge in [0, 0.05) is 16.7 Å². The summed E-state index contributed by atoms with van der Waals surface area (Å²) in [5.74, 6) is 1.20. The van der Waals surface area contributed by atoms with Crippen molar-refractivity contribution in [2.75, 3.05) is 12.8 Å². The molecule has 2 rings (SSSR count). The Hall–Kier alpha value is -0.470. The first-order valence-corrected chi connectivity index (χ1v) is 5.68. The monoisotopic (exact) mass is 193 g/mol. The highest BCUT2D eigenvalue weighted by atomic mass is 32.2. The number of benzene rings is 1. The van der Waals surface area contributed by atoms with E-state index in [9.17, 15) is 0 Å². The van der Waals surface area contributed by atoms with Crippen molar-refractivity contribution < 1.29 is 0 Å². The number of hydrogen-bond donors (Lipinski definition) is 1. The van der Waals surface area contributed by atoms with Gasteiger partial charge in [0.1, 0.15) is 0 Å². The Morgan fingerprint density at radius 2 is 2.31 bits per heavy atom. The van der Waals surface area contributed by atoms with Crippen LogP contribution in [0.3, 0.4) is 0 Å². The molecule has 13 heavy (non-hydrogen) atoms. The van der Waals surface area contributed by atoms with Gasteiger partial charge in [0.25, 0.3) is 0 Å². The summed E-state index contributed by atoms with van der Waals surface area (Å²) in [5.41, 5.74) is 2.98. The van der Waals surface area contributed by atoms with E-state index in [2.05, 4.69) is 37.5 Å². The van der Waals surface area contributed by atoms with Crippen LogP contribution in [0, 0.1) is 6.92 Å². The lowest BCUT2D eigenvalue weighted by Gasteiger charge is -2.24. The minimum absolute atomic E-state index is 0.651. The van der Waals surface area contributed by atoms with Crippen molar-refractivity contribution in [2.24, 2.45) is 0 Å². The molecule has 0 radical (unpaired) electrons. The zero-order valence-electron chi connectivity index (χ0n) is 8.13. The van der Waals surface area contributed by atoms with E-state index >= 15 is 0 Å². The van der Waals surface area contributed by atoms with Gasteiger partial charge in [-0.15, -0.1) is 11.8 Å². The zero-order valence-corrected chi connectivity index (χ0v) is 8.95. The Balaban J connectivity index is 2.32. The van der Waals surface area contributed by atoms with Crippen LogP contribution in [0.5, 0.6) is 0 Å². The Labute approximate surface area is 83.9 Å². The summed E-state index contributed by atoms with van der Waals surface area (Å²) in [6, 6.07) is 7.25. The molecule has 0 saturated carbocycles. The first-order chi connectivity index (χ1) is 6.31. The molecule has 1 N–H and O–H groups in total. The molecule has 70 valence electrons. The van der Waals surface area contributed by atoms with Crippen LogP contribution < -0.4 is 5.32 Å². The molecule has 1 unspecified atom stereocenters. The fraction of sp³-hybridized carbons (Fsp3) is 0.455. The fourth-order valence-corrected chi connectivity index (χ4v) is 3.01. The van der Waals surface area contributed by atoms with Crippen LogP contribution in [0.25, 0.3) is 0 Å². The minimum atomic E-state index is 0.651. The maximum atomic E-state index is 3.35. The van der Waals surface area contributed by atoms with Gasteiger partial charge in [0.2, 0.25) is 0 Å². The molecular formula is C11H15NS. The quantitative estimate of drug-likeness (QED) is 0.734. The minimum Gasteiger partial charge on any atom is -0.316 e. The Morgan fingerprint density at radius 1 is 1.46 bits per heavy atom. The molecule has 1 nitrogen and oxygen atoms in total. The molecular weight excluding hydrogens is 178 g/mol. The van der Waals surface area contributed by atoms with Gasteiger partial charge in [-0.1, -0.05) is 12.1 Å². The second-order valence-corrected chi connectivity index (χ2v) is 4.61. The summed E-state index contributed by atoms with van der Waals surface area (Å²) in [6.07, 6.45) is 1.19. The third-order valence-electron chi connectivity index (χ3n) is 2.67. The Kier molecular flexibility index (Phi) is 2.61. The van der Waals surface area contributed by atoms with Crippen molar-refractivity contribution in [3.05, 3.63) is 29.3 Å². The highest BCUT2D eigenvalue weighted by Gasteiger charge is 2.18. The highest BCUT2D eigenvalue weighted by Crippen LogP contribution is 2.31. The van der Waals surface area contributed by atoms with Crippen LogP contribution in [-0.2, 0) is 6.42 Å². The second kappa shape index (κ2) is 3.72. The predicted molar refractivity (Wildman–Crippen MR) is 58.5 cm³/mol. The molecule has 0 fully saturated rings. The van der Waals surface area contributed by atoms with Crippen LogP contribution in [0.2, 0.25) is 0 Å². The summed E-state index contributed by atoms with van der Waals surface area (Å²) in [7, 11) is 2.05. The highest BCUT2D eigenvalue weighted by molar-refractivity contribution is 7.99. The van der Waals surface area contributed by atoms with Gasteiger partial charge in [-0.05, 0) is 37.6 Å². The number of aryl methyl sites for hydroxylation is 1. The van der Waals surface area contributed by atoms with E-state index in [0.29, 0.717) is 6.04 Å². The van der Waals surface area contributed by atoms with Gasteiger partial charge >= 0.3 is 0 Å². The molecule has 0 bridgehead atoms. The molecule has 0 aliphatic carbocycles. The molecule has 1 heterocycles. The standard InChI is InChI=1S/C11H15NS/c1-8-4-3-5-11-10(8)6-9(12-2)7-13-11/h3-5,9,12H,6-7H2,1-2H3. The number of thioether (sulfide) groups is 1. The SMILES string of the molecule is CNC1CSc2cccc(C)c2C1. The number of nitrogens with one attached hydrogen (secondary N) is 1. The van der Waals surface area contributed by atoms with E-state index in [1.54, 1.807) is 0 Å². The summed E-state index contributed by atoms with van der Waals surface area (Å²) in [6.45, 7) is 2.21. The molecule has 0 spiro atoms. The average molecular weight is 193 g/mol. The number of rotatable bonds is 1. The molecule has 1 aliphatic heterocycles. The number of fused-ring (bicyclic) bond motifs is 1. The van der Waals surface area contributed by atoms with Gasteiger partial charge in [0.05, 0.1) is 0 Å². The van der Waals surface area contributed by atoms with Crippen molar-refractivity contribution in [3.8, 4) is 0 Å². The molecule has 1 atom stereocenters. The molecule has 0 aromatic heterocycles. The van der Waals surface area contributed by atoms with Crippen molar-refractivity contribution in [1.82, 2.24) is 5.32 Å². The molecule has 1 aromatic carbocycles. The van der Waals surface area contributed by atoms with E-state index in [1.807, 2.05) is 11.8 Å². The van der Waals surface area contributed by atoms with Crippen molar-refractivity contribution >= 4 is 11.8 Å². The lowest BCUT2D eigenvalue weighted by atomic mass is 10.0. The first-order valence-electron chi connectivity index (χ1n) is 4.70. The van der Waals surface area contributed by atoms with Crippen LogP contribution in [0.15, 0.2) is 23.1 Å². The molecule has 2 heteroatoms. The predicted octanol–water partition coefficient (Wildman–Crippen LogP) is 2.23. The molecule has 1 aromatic rings. The fourth-order valence-electron chi connectivity index (χ4n) is 1.75. The molecule has 0 saturated heterocycles. The topological polar surface area (TPSA) is 12.0 Å². The summed E-state index contributed by atoms with van der Waals surface area (Å²) < 4.78 is 0. The molecule has 1 aliphatic rings. The average Bonchev–Trinajstić information content (AvgIpc) is 2.18. The first kappa shape index (κ1) is 9.10. The van der Waals surface area contributed by atoms with Crippen molar-refractivity contribution in [1.29, 1.82) is 0 Å². The van der Waals surface area contributed by atoms with Gasteiger partial charge < -0.3 is 5.32 Å². The van der Waals surface area contributed by atoms with Gasteiger partial charge in [-0.25, -0.2) is 0 Å². The van der Waals surface area contributed by atoms with Crippen LogP contribution in [-0.4, -0.2) is 18.8 Å². The summed E-state index contributed by atoms with van der Waals surface area (Å²) >= 11 is 1.97. The second-order valence-electron chi connectivity index (χ2n) is 3.55. The Morgan fingerprint density at radius 3 is 3.08 bits per heavy atom. The van der Waals surface area contributed by atoms with Crippen LogP contribution in [0.4, 0.5) is 0 Å². The number of hydrogen-bond acceptors (Lipinski definition) is 2. The third-order valence-corrected chi connectivity index (χ3v) is 3.93. The lowest BCUT2D eigenvalue weighted by Crippen LogP contribution is -2.32. The Bertz CT molecular complexity index is 309. The van der Waals surface area contributed by atoms with E-state index in [0.717, 1.165) is 0 Å². The third kappa shape index (κ3) is 1.74. The van der Waals surface area contributed by atoms with Gasteiger partial charge in [-0.3, -0.25) is 0 Å². The van der Waals surface area contributed by atoms with E-state index in [1.165, 1.54) is 28.2 Å². The molecule has 0 amide bonds. The maximum Gasteiger partial charge on any atom is 0.0199 e. The smallest absolute Gasteiger partial charge is 0.0199 e. The zero-order chi connectivity index (χ0) is 9.26. The van der Waals surface area contributed by atoms with E-state index in [-0.39, 0.29) is 0 Å². The normalized spacial score (nSPS) is 21.2. The summed E-state index contributed by atoms with van der Waals surface area (Å²) in [4.78, 5) is 1.48. The number of likely N-dealkylation sites (N-methyl/N-ethyl adjacent to an activating group) is 1.